The number of benzene rings is 2. The third-order valence-electron chi connectivity index (χ3n) is 3.86. The fourth-order valence-corrected chi connectivity index (χ4v) is 3.49. The number of hydrogen-bond donors (Lipinski definition) is 0. The average molecular weight is 313 g/mol. The van der Waals surface area contributed by atoms with Crippen LogP contribution in [0.2, 0.25) is 0 Å². The summed E-state index contributed by atoms with van der Waals surface area (Å²) in [6.07, 6.45) is -0.146. The first-order valence-electron chi connectivity index (χ1n) is 7.47. The van der Waals surface area contributed by atoms with Gasteiger partial charge in [0.15, 0.2) is 6.10 Å². The largest absolute Gasteiger partial charge is 0.387 e. The lowest BCUT2D eigenvalue weighted by atomic mass is 9.86. The fourth-order valence-electron chi connectivity index (χ4n) is 2.72. The van der Waals surface area contributed by atoms with Gasteiger partial charge in [-0.15, -0.1) is 0 Å². The van der Waals surface area contributed by atoms with Crippen LogP contribution in [0.25, 0.3) is 0 Å². The van der Waals surface area contributed by atoms with Crippen LogP contribution in [-0.4, -0.2) is 21.4 Å². The molecule has 3 atom stereocenters. The Morgan fingerprint density at radius 1 is 1.00 bits per heavy atom. The molecule has 1 heterocycles. The molecule has 2 aromatic carbocycles. The highest BCUT2D eigenvalue weighted by Gasteiger charge is 2.36. The van der Waals surface area contributed by atoms with Crippen molar-refractivity contribution >= 4 is 16.5 Å². The Morgan fingerprint density at radius 3 is 2.18 bits per heavy atom. The van der Waals surface area contributed by atoms with Crippen molar-refractivity contribution in [1.29, 1.82) is 0 Å². The van der Waals surface area contributed by atoms with Gasteiger partial charge >= 0.3 is 0 Å². The van der Waals surface area contributed by atoms with E-state index in [2.05, 4.69) is 29.4 Å². The summed E-state index contributed by atoms with van der Waals surface area (Å²) in [6, 6.07) is 20.3. The van der Waals surface area contributed by atoms with Crippen LogP contribution in [0.5, 0.6) is 0 Å². The lowest BCUT2D eigenvalue weighted by Gasteiger charge is -2.19. The predicted molar refractivity (Wildman–Crippen MR) is 90.4 cm³/mol. The number of hydrogen-bond acceptors (Lipinski definition) is 3. The van der Waals surface area contributed by atoms with Crippen molar-refractivity contribution in [3.8, 4) is 0 Å². The number of rotatable bonds is 5. The number of oxime groups is 1. The summed E-state index contributed by atoms with van der Waals surface area (Å²) in [5.41, 5.74) is 3.12. The molecule has 0 N–H and O–H groups in total. The van der Waals surface area contributed by atoms with E-state index in [4.69, 9.17) is 4.84 Å². The smallest absolute Gasteiger partial charge is 0.164 e. The van der Waals surface area contributed by atoms with Crippen molar-refractivity contribution in [3.05, 3.63) is 71.8 Å². The van der Waals surface area contributed by atoms with Crippen molar-refractivity contribution in [2.45, 2.75) is 18.9 Å². The van der Waals surface area contributed by atoms with E-state index in [1.165, 1.54) is 0 Å². The molecule has 2 unspecified atom stereocenters. The second kappa shape index (κ2) is 6.88. The minimum Gasteiger partial charge on any atom is -0.387 e. The summed E-state index contributed by atoms with van der Waals surface area (Å²) in [4.78, 5) is 5.72. The first-order chi connectivity index (χ1) is 10.8. The maximum absolute atomic E-state index is 12.0. The van der Waals surface area contributed by atoms with Crippen LogP contribution in [-0.2, 0) is 15.6 Å². The minimum atomic E-state index is -0.893. The van der Waals surface area contributed by atoms with E-state index in [-0.39, 0.29) is 12.0 Å². The van der Waals surface area contributed by atoms with Gasteiger partial charge < -0.3 is 4.84 Å². The molecule has 2 aromatic rings. The van der Waals surface area contributed by atoms with Crippen LogP contribution in [0.15, 0.2) is 65.8 Å². The van der Waals surface area contributed by atoms with Gasteiger partial charge in [-0.2, -0.15) is 0 Å². The van der Waals surface area contributed by atoms with E-state index in [0.29, 0.717) is 11.5 Å². The molecular formula is C18H19NO2S. The molecule has 0 saturated carbocycles. The quantitative estimate of drug-likeness (QED) is 0.845. The topological polar surface area (TPSA) is 38.7 Å². The first kappa shape index (κ1) is 15.0. The van der Waals surface area contributed by atoms with Gasteiger partial charge in [-0.1, -0.05) is 72.7 Å². The molecule has 0 spiro atoms. The molecule has 0 aliphatic carbocycles. The third kappa shape index (κ3) is 3.12. The summed E-state index contributed by atoms with van der Waals surface area (Å²) in [5.74, 6) is 1.13. The molecule has 0 radical (unpaired) electrons. The molecule has 4 heteroatoms. The summed E-state index contributed by atoms with van der Waals surface area (Å²) >= 11 is 0. The first-order valence-corrected chi connectivity index (χ1v) is 8.96. The zero-order valence-corrected chi connectivity index (χ0v) is 13.3. The molecule has 1 aliphatic rings. The normalized spacial score (nSPS) is 22.0. The summed E-state index contributed by atoms with van der Waals surface area (Å²) < 4.78 is 12.0. The molecule has 3 rings (SSSR count). The SMILES string of the molecule is CC[S@@](=O)CC1=NOC(c2ccccc2)C1c1ccccc1. The Kier molecular flexibility index (Phi) is 4.68. The molecule has 0 amide bonds. The zero-order valence-electron chi connectivity index (χ0n) is 12.5. The Hall–Kier alpha value is -1.94. The fraction of sp³-hybridized carbons (Fsp3) is 0.278. The maximum Gasteiger partial charge on any atom is 0.164 e. The van der Waals surface area contributed by atoms with E-state index in [1.807, 2.05) is 43.3 Å². The monoisotopic (exact) mass is 313 g/mol. The second-order valence-electron chi connectivity index (χ2n) is 5.28. The van der Waals surface area contributed by atoms with Crippen LogP contribution < -0.4 is 0 Å². The van der Waals surface area contributed by atoms with Gasteiger partial charge in [0, 0.05) is 16.6 Å². The van der Waals surface area contributed by atoms with E-state index in [9.17, 15) is 4.21 Å². The van der Waals surface area contributed by atoms with Crippen molar-refractivity contribution in [3.63, 3.8) is 0 Å². The van der Waals surface area contributed by atoms with Gasteiger partial charge in [0.05, 0.1) is 17.4 Å². The van der Waals surface area contributed by atoms with Crippen molar-refractivity contribution < 1.29 is 9.05 Å². The maximum atomic E-state index is 12.0. The summed E-state index contributed by atoms with van der Waals surface area (Å²) in [6.45, 7) is 1.93. The molecule has 0 fully saturated rings. The van der Waals surface area contributed by atoms with E-state index in [1.54, 1.807) is 0 Å². The van der Waals surface area contributed by atoms with E-state index < -0.39 is 10.8 Å². The standard InChI is InChI=1S/C18H19NO2S/c1-2-22(20)13-16-17(14-9-5-3-6-10-14)18(21-19-16)15-11-7-4-8-12-15/h3-12,17-18H,2,13H2,1H3/t17?,18?,22-/m1/s1. The van der Waals surface area contributed by atoms with E-state index >= 15 is 0 Å². The average Bonchev–Trinajstić information content (AvgIpc) is 3.00. The molecular weight excluding hydrogens is 294 g/mol. The summed E-state index contributed by atoms with van der Waals surface area (Å²) in [7, 11) is -0.893. The second-order valence-corrected chi connectivity index (χ2v) is 7.03. The molecule has 22 heavy (non-hydrogen) atoms. The Labute approximate surface area is 133 Å². The molecule has 0 saturated heterocycles. The van der Waals surface area contributed by atoms with Gasteiger partial charge in [-0.3, -0.25) is 4.21 Å². The molecule has 1 aliphatic heterocycles. The Bertz CT molecular complexity index is 670. The van der Waals surface area contributed by atoms with Gasteiger partial charge in [0.25, 0.3) is 0 Å². The lowest BCUT2D eigenvalue weighted by molar-refractivity contribution is 0.0763. The van der Waals surface area contributed by atoms with Crippen LogP contribution in [0, 0.1) is 0 Å². The highest BCUT2D eigenvalue weighted by molar-refractivity contribution is 7.85. The highest BCUT2D eigenvalue weighted by atomic mass is 32.2. The van der Waals surface area contributed by atoms with Crippen LogP contribution in [0.4, 0.5) is 0 Å². The Balaban J connectivity index is 1.94. The van der Waals surface area contributed by atoms with Gasteiger partial charge in [-0.25, -0.2) is 0 Å². The number of nitrogens with zero attached hydrogens (tertiary/aromatic N) is 1. The van der Waals surface area contributed by atoms with Crippen LogP contribution in [0.3, 0.4) is 0 Å². The van der Waals surface area contributed by atoms with Crippen molar-refractivity contribution in [2.75, 3.05) is 11.5 Å². The predicted octanol–water partition coefficient (Wildman–Crippen LogP) is 3.67. The van der Waals surface area contributed by atoms with Gasteiger partial charge in [-0.05, 0) is 11.1 Å². The van der Waals surface area contributed by atoms with Crippen molar-refractivity contribution in [2.24, 2.45) is 5.16 Å². The molecule has 0 aromatic heterocycles. The molecule has 3 nitrogen and oxygen atoms in total. The third-order valence-corrected chi connectivity index (χ3v) is 5.12. The zero-order chi connectivity index (χ0) is 15.4. The van der Waals surface area contributed by atoms with Gasteiger partial charge in [0.2, 0.25) is 0 Å². The van der Waals surface area contributed by atoms with Crippen molar-refractivity contribution in [1.82, 2.24) is 0 Å². The Morgan fingerprint density at radius 2 is 1.59 bits per heavy atom. The van der Waals surface area contributed by atoms with Gasteiger partial charge in [0.1, 0.15) is 0 Å². The highest BCUT2D eigenvalue weighted by Crippen LogP contribution is 2.40. The van der Waals surface area contributed by atoms with Crippen LogP contribution >= 0.6 is 0 Å². The molecule has 0 bridgehead atoms. The minimum absolute atomic E-state index is 0.0269. The molecule has 114 valence electrons. The van der Waals surface area contributed by atoms with Crippen LogP contribution in [0.1, 0.15) is 30.1 Å². The summed E-state index contributed by atoms with van der Waals surface area (Å²) in [5, 5.41) is 4.26. The lowest BCUT2D eigenvalue weighted by Crippen LogP contribution is -2.21. The van der Waals surface area contributed by atoms with E-state index in [0.717, 1.165) is 16.8 Å².